The number of anilines is 1. The Kier molecular flexibility index (Phi) is 4.03. The second-order valence-electron chi connectivity index (χ2n) is 4.90. The first kappa shape index (κ1) is 13.4. The molecule has 0 bridgehead atoms. The first-order chi connectivity index (χ1) is 9.10. The van der Waals surface area contributed by atoms with Gasteiger partial charge in [0.2, 0.25) is 0 Å². The van der Waals surface area contributed by atoms with E-state index in [2.05, 4.69) is 16.3 Å². The first-order valence-electron chi connectivity index (χ1n) is 6.32. The van der Waals surface area contributed by atoms with Crippen LogP contribution in [0.3, 0.4) is 0 Å². The molecule has 1 aromatic carbocycles. The number of para-hydroxylation sites is 1. The maximum absolute atomic E-state index is 10.8. The number of nitriles is 1. The number of benzene rings is 1. The molecule has 1 aliphatic rings. The Morgan fingerprint density at radius 2 is 2.26 bits per heavy atom. The third kappa shape index (κ3) is 3.24. The van der Waals surface area contributed by atoms with Crippen LogP contribution in [0.1, 0.15) is 18.9 Å². The third-order valence-corrected chi connectivity index (χ3v) is 3.24. The maximum atomic E-state index is 10.8. The fourth-order valence-electron chi connectivity index (χ4n) is 2.55. The lowest BCUT2D eigenvalue weighted by Gasteiger charge is -2.38. The second-order valence-corrected chi connectivity index (χ2v) is 4.90. The number of aliphatic carboxylic acids is 1. The Labute approximate surface area is 112 Å². The van der Waals surface area contributed by atoms with Gasteiger partial charge in [-0.05, 0) is 19.1 Å². The highest BCUT2D eigenvalue weighted by atomic mass is 16.4. The van der Waals surface area contributed by atoms with Gasteiger partial charge in [0.25, 0.3) is 0 Å². The molecule has 100 valence electrons. The predicted molar refractivity (Wildman–Crippen MR) is 72.0 cm³/mol. The molecule has 1 aliphatic heterocycles. The number of nitrogens with zero attached hydrogens (tertiary/aromatic N) is 2. The van der Waals surface area contributed by atoms with Crippen LogP contribution in [0, 0.1) is 11.3 Å². The molecule has 1 heterocycles. The average Bonchev–Trinajstić information content (AvgIpc) is 2.37. The molecule has 0 saturated carbocycles. The minimum Gasteiger partial charge on any atom is -0.481 e. The van der Waals surface area contributed by atoms with Crippen LogP contribution < -0.4 is 10.2 Å². The normalized spacial score (nSPS) is 22.8. The molecule has 1 saturated heterocycles. The lowest BCUT2D eigenvalue weighted by molar-refractivity contribution is -0.137. The summed E-state index contributed by atoms with van der Waals surface area (Å²) in [5, 5.41) is 21.3. The molecule has 2 N–H and O–H groups in total. The zero-order chi connectivity index (χ0) is 13.8. The number of hydrogen-bond acceptors (Lipinski definition) is 4. The van der Waals surface area contributed by atoms with Crippen molar-refractivity contribution in [3.05, 3.63) is 29.8 Å². The third-order valence-electron chi connectivity index (χ3n) is 3.24. The van der Waals surface area contributed by atoms with Gasteiger partial charge in [0.15, 0.2) is 0 Å². The fraction of sp³-hybridized carbons (Fsp3) is 0.429. The van der Waals surface area contributed by atoms with Gasteiger partial charge < -0.3 is 15.3 Å². The van der Waals surface area contributed by atoms with E-state index in [9.17, 15) is 4.79 Å². The number of nitrogens with one attached hydrogen (secondary N) is 1. The summed E-state index contributed by atoms with van der Waals surface area (Å²) < 4.78 is 0. The van der Waals surface area contributed by atoms with Crippen LogP contribution >= 0.6 is 0 Å². The quantitative estimate of drug-likeness (QED) is 0.853. The Bertz CT molecular complexity index is 510. The van der Waals surface area contributed by atoms with Gasteiger partial charge in [-0.2, -0.15) is 5.26 Å². The highest BCUT2D eigenvalue weighted by molar-refractivity contribution is 5.68. The average molecular weight is 259 g/mol. The van der Waals surface area contributed by atoms with Gasteiger partial charge in [-0.1, -0.05) is 12.1 Å². The molecule has 0 radical (unpaired) electrons. The summed E-state index contributed by atoms with van der Waals surface area (Å²) in [7, 11) is 0. The molecule has 2 unspecified atom stereocenters. The van der Waals surface area contributed by atoms with E-state index in [4.69, 9.17) is 10.4 Å². The molecule has 2 rings (SSSR count). The number of piperazine rings is 1. The van der Waals surface area contributed by atoms with Gasteiger partial charge in [0.05, 0.1) is 17.7 Å². The summed E-state index contributed by atoms with van der Waals surface area (Å²) in [5.41, 5.74) is 1.51. The van der Waals surface area contributed by atoms with Crippen molar-refractivity contribution < 1.29 is 9.90 Å². The van der Waals surface area contributed by atoms with Crippen molar-refractivity contribution in [1.29, 1.82) is 5.26 Å². The number of carboxylic acid groups (broad SMARTS) is 1. The minimum atomic E-state index is -0.805. The van der Waals surface area contributed by atoms with Crippen LogP contribution in [0.4, 0.5) is 5.69 Å². The van der Waals surface area contributed by atoms with Gasteiger partial charge in [0.1, 0.15) is 6.07 Å². The van der Waals surface area contributed by atoms with Crippen LogP contribution in [0.2, 0.25) is 0 Å². The number of rotatable bonds is 3. The fourth-order valence-corrected chi connectivity index (χ4v) is 2.55. The first-order valence-corrected chi connectivity index (χ1v) is 6.32. The molecule has 19 heavy (non-hydrogen) atoms. The number of hydrogen-bond donors (Lipinski definition) is 2. The van der Waals surface area contributed by atoms with Crippen molar-refractivity contribution in [2.24, 2.45) is 0 Å². The molecule has 0 aromatic heterocycles. The maximum Gasteiger partial charge on any atom is 0.304 e. The zero-order valence-corrected chi connectivity index (χ0v) is 10.8. The van der Waals surface area contributed by atoms with Crippen LogP contribution in [0.15, 0.2) is 24.3 Å². The van der Waals surface area contributed by atoms with Gasteiger partial charge >= 0.3 is 5.97 Å². The van der Waals surface area contributed by atoms with Crippen molar-refractivity contribution in [2.45, 2.75) is 25.4 Å². The van der Waals surface area contributed by atoms with Crippen LogP contribution in [-0.4, -0.2) is 36.2 Å². The predicted octanol–water partition coefficient (Wildman–Crippen LogP) is 1.20. The van der Waals surface area contributed by atoms with E-state index < -0.39 is 5.97 Å². The summed E-state index contributed by atoms with van der Waals surface area (Å²) in [6.45, 7) is 3.40. The Balaban J connectivity index is 2.19. The van der Waals surface area contributed by atoms with Gasteiger partial charge in [-0.15, -0.1) is 0 Å². The second kappa shape index (κ2) is 5.72. The lowest BCUT2D eigenvalue weighted by Crippen LogP contribution is -2.56. The van der Waals surface area contributed by atoms with Crippen LogP contribution in [0.5, 0.6) is 0 Å². The van der Waals surface area contributed by atoms with Gasteiger partial charge in [-0.3, -0.25) is 4.79 Å². The molecule has 5 heteroatoms. The van der Waals surface area contributed by atoms with Crippen LogP contribution in [-0.2, 0) is 4.79 Å². The van der Waals surface area contributed by atoms with Crippen LogP contribution in [0.25, 0.3) is 0 Å². The lowest BCUT2D eigenvalue weighted by atomic mass is 10.1. The molecular weight excluding hydrogens is 242 g/mol. The van der Waals surface area contributed by atoms with E-state index >= 15 is 0 Å². The van der Waals surface area contributed by atoms with Crippen molar-refractivity contribution in [3.63, 3.8) is 0 Å². The van der Waals surface area contributed by atoms with Crippen molar-refractivity contribution in [3.8, 4) is 6.07 Å². The monoisotopic (exact) mass is 259 g/mol. The van der Waals surface area contributed by atoms with E-state index in [1.165, 1.54) is 0 Å². The van der Waals surface area contributed by atoms with Gasteiger partial charge in [0, 0.05) is 25.2 Å². The number of carbonyl (C=O) groups is 1. The summed E-state index contributed by atoms with van der Waals surface area (Å²) in [5.74, 6) is -0.805. The van der Waals surface area contributed by atoms with Crippen molar-refractivity contribution in [1.82, 2.24) is 5.32 Å². The van der Waals surface area contributed by atoms with Gasteiger partial charge in [-0.25, -0.2) is 0 Å². The van der Waals surface area contributed by atoms with E-state index in [0.717, 1.165) is 12.2 Å². The summed E-state index contributed by atoms with van der Waals surface area (Å²) in [4.78, 5) is 12.9. The molecular formula is C14H17N3O2. The minimum absolute atomic E-state index is 0.0898. The van der Waals surface area contributed by atoms with E-state index in [-0.39, 0.29) is 18.5 Å². The largest absolute Gasteiger partial charge is 0.481 e. The van der Waals surface area contributed by atoms with Crippen molar-refractivity contribution in [2.75, 3.05) is 18.0 Å². The Morgan fingerprint density at radius 3 is 2.95 bits per heavy atom. The van der Waals surface area contributed by atoms with Crippen molar-refractivity contribution >= 4 is 11.7 Å². The molecule has 2 atom stereocenters. The molecule has 0 spiro atoms. The molecule has 1 aromatic rings. The van der Waals surface area contributed by atoms with E-state index in [1.807, 2.05) is 25.1 Å². The zero-order valence-electron chi connectivity index (χ0n) is 10.8. The summed E-state index contributed by atoms with van der Waals surface area (Å²) >= 11 is 0. The standard InChI is InChI=1S/C14H17N3O2/c1-10-8-17(9-12(16-10)6-14(18)19)13-5-3-2-4-11(13)7-15/h2-5,10,12,16H,6,8-9H2,1H3,(H,18,19). The Morgan fingerprint density at radius 1 is 1.53 bits per heavy atom. The molecule has 1 fully saturated rings. The molecule has 0 amide bonds. The summed E-state index contributed by atoms with van der Waals surface area (Å²) in [6.07, 6.45) is 0.0928. The topological polar surface area (TPSA) is 76.4 Å². The highest BCUT2D eigenvalue weighted by Gasteiger charge is 2.26. The SMILES string of the molecule is CC1CN(c2ccccc2C#N)CC(CC(=O)O)N1. The summed E-state index contributed by atoms with van der Waals surface area (Å²) in [6, 6.07) is 9.72. The molecule has 0 aliphatic carbocycles. The molecule has 5 nitrogen and oxygen atoms in total. The van der Waals surface area contributed by atoms with E-state index in [0.29, 0.717) is 12.1 Å². The highest BCUT2D eigenvalue weighted by Crippen LogP contribution is 2.22. The number of carboxylic acids is 1. The van der Waals surface area contributed by atoms with E-state index in [1.54, 1.807) is 6.07 Å². The Hall–Kier alpha value is -2.06. The smallest absolute Gasteiger partial charge is 0.304 e.